The van der Waals surface area contributed by atoms with Gasteiger partial charge >= 0.3 is 0 Å². The van der Waals surface area contributed by atoms with Gasteiger partial charge in [-0.2, -0.15) is 0 Å². The Morgan fingerprint density at radius 3 is 2.67 bits per heavy atom. The van der Waals surface area contributed by atoms with Crippen molar-refractivity contribution < 1.29 is 5.11 Å². The Hall–Kier alpha value is -0.540. The van der Waals surface area contributed by atoms with E-state index in [4.69, 9.17) is 0 Å². The third-order valence-corrected chi connectivity index (χ3v) is 3.35. The molecule has 1 atom stereocenters. The number of rotatable bonds is 4. The van der Waals surface area contributed by atoms with Gasteiger partial charge in [0.2, 0.25) is 0 Å². The summed E-state index contributed by atoms with van der Waals surface area (Å²) in [6, 6.07) is 5.55. The van der Waals surface area contributed by atoms with Crippen molar-refractivity contribution in [2.24, 2.45) is 0 Å². The van der Waals surface area contributed by atoms with Crippen LogP contribution in [-0.4, -0.2) is 12.2 Å². The molecule has 0 fully saturated rings. The van der Waals surface area contributed by atoms with E-state index in [-0.39, 0.29) is 5.54 Å². The molecule has 2 N–H and O–H groups in total. The summed E-state index contributed by atoms with van der Waals surface area (Å²) in [5.41, 5.74) is 0.782. The molecular formula is C12H18BrNO. The summed E-state index contributed by atoms with van der Waals surface area (Å²) in [4.78, 5) is 0. The molecule has 84 valence electrons. The maximum atomic E-state index is 9.87. The first-order valence-electron chi connectivity index (χ1n) is 5.21. The largest absolute Gasteiger partial charge is 0.508 e. The number of halogens is 1. The summed E-state index contributed by atoms with van der Waals surface area (Å²) in [5.74, 6) is 0.350. The molecule has 1 rings (SSSR count). The van der Waals surface area contributed by atoms with Crippen LogP contribution in [0.2, 0.25) is 0 Å². The zero-order chi connectivity index (χ0) is 11.5. The molecule has 15 heavy (non-hydrogen) atoms. The molecule has 0 aliphatic heterocycles. The molecule has 0 aliphatic carbocycles. The molecule has 0 aliphatic rings. The van der Waals surface area contributed by atoms with E-state index in [0.717, 1.165) is 22.9 Å². The Balaban J connectivity index is 3.16. The summed E-state index contributed by atoms with van der Waals surface area (Å²) >= 11 is 3.43. The first kappa shape index (κ1) is 12.5. The molecule has 0 radical (unpaired) electrons. The van der Waals surface area contributed by atoms with Crippen LogP contribution in [-0.2, 0) is 5.54 Å². The highest BCUT2D eigenvalue weighted by atomic mass is 79.9. The Morgan fingerprint density at radius 2 is 2.13 bits per heavy atom. The van der Waals surface area contributed by atoms with E-state index < -0.39 is 0 Å². The average molecular weight is 272 g/mol. The van der Waals surface area contributed by atoms with Gasteiger partial charge in [0.1, 0.15) is 5.75 Å². The third-order valence-electron chi connectivity index (χ3n) is 2.85. The summed E-state index contributed by atoms with van der Waals surface area (Å²) in [6.07, 6.45) is 2.07. The lowest BCUT2D eigenvalue weighted by atomic mass is 9.87. The second-order valence-electron chi connectivity index (χ2n) is 3.99. The predicted molar refractivity (Wildman–Crippen MR) is 67.1 cm³/mol. The van der Waals surface area contributed by atoms with Crippen molar-refractivity contribution in [3.05, 3.63) is 28.2 Å². The first-order valence-corrected chi connectivity index (χ1v) is 6.00. The van der Waals surface area contributed by atoms with E-state index >= 15 is 0 Å². The van der Waals surface area contributed by atoms with E-state index in [1.54, 1.807) is 6.07 Å². The van der Waals surface area contributed by atoms with Crippen molar-refractivity contribution in [2.75, 3.05) is 7.05 Å². The van der Waals surface area contributed by atoms with Crippen molar-refractivity contribution in [1.82, 2.24) is 5.32 Å². The van der Waals surface area contributed by atoms with Gasteiger partial charge in [-0.15, -0.1) is 0 Å². The maximum absolute atomic E-state index is 9.87. The molecule has 1 aromatic rings. The van der Waals surface area contributed by atoms with Gasteiger partial charge in [0.25, 0.3) is 0 Å². The molecule has 1 unspecified atom stereocenters. The van der Waals surface area contributed by atoms with Gasteiger partial charge in [0.05, 0.1) is 0 Å². The molecule has 1 aromatic carbocycles. The van der Waals surface area contributed by atoms with E-state index in [1.807, 2.05) is 19.2 Å². The van der Waals surface area contributed by atoms with E-state index in [2.05, 4.69) is 35.1 Å². The minimum absolute atomic E-state index is 0.164. The zero-order valence-electron chi connectivity index (χ0n) is 9.47. The Morgan fingerprint density at radius 1 is 1.47 bits per heavy atom. The number of nitrogens with one attached hydrogen (secondary N) is 1. The number of hydrogen-bond acceptors (Lipinski definition) is 2. The molecule has 0 saturated carbocycles. The molecule has 0 saturated heterocycles. The fourth-order valence-electron chi connectivity index (χ4n) is 1.84. The van der Waals surface area contributed by atoms with Gasteiger partial charge in [-0.05, 0) is 38.6 Å². The van der Waals surface area contributed by atoms with Crippen LogP contribution < -0.4 is 5.32 Å². The zero-order valence-corrected chi connectivity index (χ0v) is 11.1. The van der Waals surface area contributed by atoms with Crippen LogP contribution in [0.25, 0.3) is 0 Å². The topological polar surface area (TPSA) is 32.3 Å². The molecule has 2 nitrogen and oxygen atoms in total. The molecule has 0 spiro atoms. The van der Waals surface area contributed by atoms with Crippen LogP contribution in [0.15, 0.2) is 22.7 Å². The number of phenols is 1. The highest BCUT2D eigenvalue weighted by molar-refractivity contribution is 9.10. The van der Waals surface area contributed by atoms with Crippen LogP contribution in [0, 0.1) is 0 Å². The highest BCUT2D eigenvalue weighted by Gasteiger charge is 2.26. The van der Waals surface area contributed by atoms with Gasteiger partial charge in [-0.25, -0.2) is 0 Å². The smallest absolute Gasteiger partial charge is 0.120 e. The van der Waals surface area contributed by atoms with Crippen LogP contribution in [0.4, 0.5) is 0 Å². The van der Waals surface area contributed by atoms with Crippen LogP contribution in [0.5, 0.6) is 5.75 Å². The molecule has 0 bridgehead atoms. The standard InChI is InChI=1S/C12H18BrNO/c1-4-7-12(2,14-3)10-8-9(13)5-6-11(10)15/h5-6,8,14-15H,4,7H2,1-3H3. The van der Waals surface area contributed by atoms with Gasteiger partial charge < -0.3 is 10.4 Å². The van der Waals surface area contributed by atoms with Crippen molar-refractivity contribution in [2.45, 2.75) is 32.2 Å². The minimum atomic E-state index is -0.164. The maximum Gasteiger partial charge on any atom is 0.120 e. The fraction of sp³-hybridized carbons (Fsp3) is 0.500. The SMILES string of the molecule is CCCC(C)(NC)c1cc(Br)ccc1O. The van der Waals surface area contributed by atoms with Crippen molar-refractivity contribution in [3.8, 4) is 5.75 Å². The highest BCUT2D eigenvalue weighted by Crippen LogP contribution is 2.34. The molecule has 3 heteroatoms. The lowest BCUT2D eigenvalue weighted by molar-refractivity contribution is 0.345. The molecule has 0 aromatic heterocycles. The second-order valence-corrected chi connectivity index (χ2v) is 4.91. The number of hydrogen-bond donors (Lipinski definition) is 2. The first-order chi connectivity index (χ1) is 7.03. The van der Waals surface area contributed by atoms with Gasteiger partial charge in [0.15, 0.2) is 0 Å². The van der Waals surface area contributed by atoms with Gasteiger partial charge in [0, 0.05) is 15.6 Å². The number of benzene rings is 1. The Labute approximate surface area is 99.8 Å². The summed E-state index contributed by atoms with van der Waals surface area (Å²) in [5, 5.41) is 13.2. The van der Waals surface area contributed by atoms with Gasteiger partial charge in [-0.1, -0.05) is 29.3 Å². The van der Waals surface area contributed by atoms with E-state index in [0.29, 0.717) is 5.75 Å². The van der Waals surface area contributed by atoms with Crippen LogP contribution >= 0.6 is 15.9 Å². The number of aromatic hydroxyl groups is 1. The van der Waals surface area contributed by atoms with Crippen molar-refractivity contribution in [3.63, 3.8) is 0 Å². The van der Waals surface area contributed by atoms with Gasteiger partial charge in [-0.3, -0.25) is 0 Å². The Bertz CT molecular complexity index is 340. The number of phenolic OH excluding ortho intramolecular Hbond substituents is 1. The minimum Gasteiger partial charge on any atom is -0.508 e. The monoisotopic (exact) mass is 271 g/mol. The molecule has 0 heterocycles. The average Bonchev–Trinajstić information content (AvgIpc) is 2.22. The summed E-state index contributed by atoms with van der Waals surface area (Å²) < 4.78 is 0.993. The van der Waals surface area contributed by atoms with Crippen LogP contribution in [0.3, 0.4) is 0 Å². The van der Waals surface area contributed by atoms with Crippen molar-refractivity contribution in [1.29, 1.82) is 0 Å². The second kappa shape index (κ2) is 4.99. The van der Waals surface area contributed by atoms with Crippen LogP contribution in [0.1, 0.15) is 32.3 Å². The normalized spacial score (nSPS) is 14.9. The van der Waals surface area contributed by atoms with E-state index in [9.17, 15) is 5.11 Å². The van der Waals surface area contributed by atoms with Crippen molar-refractivity contribution >= 4 is 15.9 Å². The molecule has 0 amide bonds. The predicted octanol–water partition coefficient (Wildman–Crippen LogP) is 3.39. The quantitative estimate of drug-likeness (QED) is 0.880. The lowest BCUT2D eigenvalue weighted by Crippen LogP contribution is -2.36. The Kier molecular flexibility index (Phi) is 4.17. The third kappa shape index (κ3) is 2.73. The lowest BCUT2D eigenvalue weighted by Gasteiger charge is -2.30. The molecular weight excluding hydrogens is 254 g/mol. The van der Waals surface area contributed by atoms with E-state index in [1.165, 1.54) is 0 Å². The summed E-state index contributed by atoms with van der Waals surface area (Å²) in [7, 11) is 1.93. The fourth-order valence-corrected chi connectivity index (χ4v) is 2.21. The summed E-state index contributed by atoms with van der Waals surface area (Å²) in [6.45, 7) is 4.25.